The predicted octanol–water partition coefficient (Wildman–Crippen LogP) is 5.01. The summed E-state index contributed by atoms with van der Waals surface area (Å²) >= 11 is 0. The van der Waals surface area contributed by atoms with Crippen LogP contribution in [0, 0.1) is 5.82 Å². The number of pyridine rings is 1. The molecule has 0 aliphatic rings. The summed E-state index contributed by atoms with van der Waals surface area (Å²) in [5, 5.41) is 15.2. The third-order valence-electron chi connectivity index (χ3n) is 5.79. The van der Waals surface area contributed by atoms with Gasteiger partial charge in [-0.3, -0.25) is 9.48 Å². The van der Waals surface area contributed by atoms with Crippen molar-refractivity contribution < 1.29 is 13.7 Å². The van der Waals surface area contributed by atoms with Crippen molar-refractivity contribution in [2.24, 2.45) is 7.05 Å². The summed E-state index contributed by atoms with van der Waals surface area (Å²) in [5.74, 6) is 0.141. The second-order valence-electron chi connectivity index (χ2n) is 9.57. The average molecular weight is 473 g/mol. The third-order valence-corrected chi connectivity index (χ3v) is 5.79. The molecule has 35 heavy (non-hydrogen) atoms. The number of aromatic nitrogens is 5. The Hall–Kier alpha value is -4.27. The fraction of sp³-hybridized carbons (Fsp3) is 0.231. The summed E-state index contributed by atoms with van der Waals surface area (Å²) in [6.45, 7) is 5.96. The van der Waals surface area contributed by atoms with E-state index in [0.29, 0.717) is 22.7 Å². The molecule has 178 valence electrons. The number of halogens is 1. The molecule has 0 fully saturated rings. The van der Waals surface area contributed by atoms with Crippen molar-refractivity contribution >= 4 is 17.2 Å². The molecule has 0 aliphatic heterocycles. The number of carbonyl (C=O) groups excluding carboxylic acids is 1. The van der Waals surface area contributed by atoms with Crippen molar-refractivity contribution in [1.82, 2.24) is 24.6 Å². The monoisotopic (exact) mass is 472 g/mol. The van der Waals surface area contributed by atoms with Gasteiger partial charge in [0.1, 0.15) is 11.6 Å². The van der Waals surface area contributed by atoms with Crippen LogP contribution in [0.15, 0.2) is 65.7 Å². The Morgan fingerprint density at radius 1 is 1.03 bits per heavy atom. The molecule has 1 aromatic carbocycles. The van der Waals surface area contributed by atoms with Gasteiger partial charge in [0.05, 0.1) is 24.3 Å². The lowest BCUT2D eigenvalue weighted by atomic mass is 9.93. The number of aryl methyl sites for hydroxylation is 1. The largest absolute Gasteiger partial charge is 0.359 e. The lowest BCUT2D eigenvalue weighted by Gasteiger charge is -2.12. The SMILES string of the molecule is Cn1cc(-c2ccc3c(-c4ccc(CC(=O)Nc5cc(C(C)(C)C)on5)c(F)c4)cnn3c2)cn1. The summed E-state index contributed by atoms with van der Waals surface area (Å²) in [4.78, 5) is 12.5. The zero-order valence-electron chi connectivity index (χ0n) is 19.9. The Bertz CT molecular complexity index is 1540. The van der Waals surface area contributed by atoms with Crippen molar-refractivity contribution in [2.45, 2.75) is 32.6 Å². The normalized spacial score (nSPS) is 11.8. The van der Waals surface area contributed by atoms with Crippen molar-refractivity contribution in [1.29, 1.82) is 0 Å². The quantitative estimate of drug-likeness (QED) is 0.388. The van der Waals surface area contributed by atoms with Gasteiger partial charge in [-0.25, -0.2) is 8.91 Å². The summed E-state index contributed by atoms with van der Waals surface area (Å²) in [6, 6.07) is 10.5. The lowest BCUT2D eigenvalue weighted by Crippen LogP contribution is -2.15. The van der Waals surface area contributed by atoms with Gasteiger partial charge in [0, 0.05) is 47.6 Å². The van der Waals surface area contributed by atoms with E-state index in [-0.39, 0.29) is 17.7 Å². The number of nitrogens with one attached hydrogen (secondary N) is 1. The minimum atomic E-state index is -0.459. The Labute approximate surface area is 201 Å². The summed E-state index contributed by atoms with van der Waals surface area (Å²) < 4.78 is 23.7. The summed E-state index contributed by atoms with van der Waals surface area (Å²) in [5.41, 5.74) is 4.37. The van der Waals surface area contributed by atoms with Crippen molar-refractivity contribution in [2.75, 3.05) is 5.32 Å². The standard InChI is InChI=1S/C26H25FN6O2/c1-26(2,3)23-11-24(31-35-23)30-25(34)10-17-6-5-16(9-21(17)27)20-13-29-33-15-18(7-8-22(20)33)19-12-28-32(4)14-19/h5-9,11-15H,10H2,1-4H3,(H,30,31,34). The van der Waals surface area contributed by atoms with Gasteiger partial charge in [-0.15, -0.1) is 0 Å². The van der Waals surface area contributed by atoms with Crippen molar-refractivity contribution in [3.8, 4) is 22.3 Å². The van der Waals surface area contributed by atoms with Crippen LogP contribution in [-0.4, -0.2) is 30.5 Å². The van der Waals surface area contributed by atoms with Crippen molar-refractivity contribution in [3.63, 3.8) is 0 Å². The summed E-state index contributed by atoms with van der Waals surface area (Å²) in [7, 11) is 1.87. The molecule has 5 rings (SSSR count). The van der Waals surface area contributed by atoms with E-state index in [0.717, 1.165) is 22.2 Å². The minimum absolute atomic E-state index is 0.118. The van der Waals surface area contributed by atoms with E-state index >= 15 is 0 Å². The number of fused-ring (bicyclic) bond motifs is 1. The topological polar surface area (TPSA) is 90.2 Å². The molecule has 8 nitrogen and oxygen atoms in total. The first-order chi connectivity index (χ1) is 16.7. The predicted molar refractivity (Wildman–Crippen MR) is 130 cm³/mol. The number of anilines is 1. The van der Waals surface area contributed by atoms with Crippen LogP contribution in [0.25, 0.3) is 27.8 Å². The zero-order chi connectivity index (χ0) is 24.7. The van der Waals surface area contributed by atoms with E-state index in [1.165, 1.54) is 6.07 Å². The van der Waals surface area contributed by atoms with Crippen LogP contribution in [0.3, 0.4) is 0 Å². The average Bonchev–Trinajstić information content (AvgIpc) is 3.54. The van der Waals surface area contributed by atoms with E-state index in [2.05, 4.69) is 20.7 Å². The molecule has 0 bridgehead atoms. The van der Waals surface area contributed by atoms with Crippen LogP contribution in [0.4, 0.5) is 10.2 Å². The van der Waals surface area contributed by atoms with Gasteiger partial charge in [-0.1, -0.05) is 44.1 Å². The van der Waals surface area contributed by atoms with Crippen LogP contribution >= 0.6 is 0 Å². The second kappa shape index (κ2) is 8.50. The van der Waals surface area contributed by atoms with Gasteiger partial charge in [0.2, 0.25) is 5.91 Å². The number of rotatable bonds is 5. The lowest BCUT2D eigenvalue weighted by molar-refractivity contribution is -0.115. The maximum absolute atomic E-state index is 14.9. The fourth-order valence-corrected chi connectivity index (χ4v) is 3.85. The number of nitrogens with zero attached hydrogens (tertiary/aromatic N) is 5. The number of amides is 1. The maximum Gasteiger partial charge on any atom is 0.230 e. The van der Waals surface area contributed by atoms with Crippen LogP contribution in [0.1, 0.15) is 32.1 Å². The van der Waals surface area contributed by atoms with E-state index in [4.69, 9.17) is 4.52 Å². The Balaban J connectivity index is 1.33. The van der Waals surface area contributed by atoms with Gasteiger partial charge < -0.3 is 9.84 Å². The van der Waals surface area contributed by atoms with Crippen LogP contribution < -0.4 is 5.32 Å². The molecule has 4 aromatic heterocycles. The molecule has 0 unspecified atom stereocenters. The molecule has 0 atom stereocenters. The third kappa shape index (κ3) is 4.57. The van der Waals surface area contributed by atoms with Gasteiger partial charge in [-0.2, -0.15) is 10.2 Å². The molecular formula is C26H25FN6O2. The molecule has 1 N–H and O–H groups in total. The van der Waals surface area contributed by atoms with Gasteiger partial charge in [0.15, 0.2) is 5.82 Å². The molecular weight excluding hydrogens is 447 g/mol. The summed E-state index contributed by atoms with van der Waals surface area (Å²) in [6.07, 6.45) is 7.23. The van der Waals surface area contributed by atoms with E-state index < -0.39 is 5.82 Å². The molecule has 1 amide bonds. The maximum atomic E-state index is 14.9. The second-order valence-corrected chi connectivity index (χ2v) is 9.57. The highest BCUT2D eigenvalue weighted by atomic mass is 19.1. The first-order valence-electron chi connectivity index (χ1n) is 11.2. The van der Waals surface area contributed by atoms with Crippen LogP contribution in [0.5, 0.6) is 0 Å². The number of hydrogen-bond acceptors (Lipinski definition) is 5. The Kier molecular flexibility index (Phi) is 5.47. The number of benzene rings is 1. The van der Waals surface area contributed by atoms with E-state index in [1.54, 1.807) is 39.8 Å². The molecule has 9 heteroatoms. The highest BCUT2D eigenvalue weighted by Crippen LogP contribution is 2.29. The van der Waals surface area contributed by atoms with Crippen LogP contribution in [-0.2, 0) is 23.7 Å². The van der Waals surface area contributed by atoms with Gasteiger partial charge in [-0.05, 0) is 23.3 Å². The zero-order valence-corrected chi connectivity index (χ0v) is 19.9. The first kappa shape index (κ1) is 22.5. The highest BCUT2D eigenvalue weighted by Gasteiger charge is 2.21. The van der Waals surface area contributed by atoms with Gasteiger partial charge >= 0.3 is 0 Å². The van der Waals surface area contributed by atoms with Crippen molar-refractivity contribution in [3.05, 3.63) is 78.3 Å². The fourth-order valence-electron chi connectivity index (χ4n) is 3.85. The van der Waals surface area contributed by atoms with E-state index in [9.17, 15) is 9.18 Å². The van der Waals surface area contributed by atoms with E-state index in [1.807, 2.05) is 52.3 Å². The molecule has 4 heterocycles. The molecule has 0 radical (unpaired) electrons. The molecule has 0 saturated heterocycles. The molecule has 0 saturated carbocycles. The Morgan fingerprint density at radius 3 is 2.51 bits per heavy atom. The first-order valence-corrected chi connectivity index (χ1v) is 11.2. The number of carbonyl (C=O) groups is 1. The highest BCUT2D eigenvalue weighted by molar-refractivity contribution is 5.91. The Morgan fingerprint density at radius 2 is 1.83 bits per heavy atom. The molecule has 0 aliphatic carbocycles. The van der Waals surface area contributed by atoms with Gasteiger partial charge in [0.25, 0.3) is 0 Å². The van der Waals surface area contributed by atoms with Crippen LogP contribution in [0.2, 0.25) is 0 Å². The molecule has 5 aromatic rings. The molecule has 0 spiro atoms. The number of hydrogen-bond donors (Lipinski definition) is 1. The smallest absolute Gasteiger partial charge is 0.230 e. The minimum Gasteiger partial charge on any atom is -0.359 e.